The van der Waals surface area contributed by atoms with Crippen LogP contribution in [0.5, 0.6) is 0 Å². The summed E-state index contributed by atoms with van der Waals surface area (Å²) in [6.07, 6.45) is 1.10. The molecule has 2 heterocycles. The molecule has 0 radical (unpaired) electrons. The molecule has 2 aliphatic heterocycles. The Morgan fingerprint density at radius 3 is 3.00 bits per heavy atom. The monoisotopic (exact) mass is 386 g/mol. The van der Waals surface area contributed by atoms with Crippen molar-refractivity contribution in [2.75, 3.05) is 17.7 Å². The van der Waals surface area contributed by atoms with E-state index in [1.807, 2.05) is 6.92 Å². The van der Waals surface area contributed by atoms with E-state index in [0.29, 0.717) is 18.6 Å². The number of anilines is 1. The number of carbonyl (C=O) groups is 3. The van der Waals surface area contributed by atoms with Gasteiger partial charge in [0.05, 0.1) is 10.6 Å². The standard InChI is InChI=1S/C16H16ClFN2O4S/c1-16-5-4-14(22)20(16)12(8-25-16)15(23)24-7-13(21)19-11-3-2-9(17)6-10(11)18/h2-3,6,12H,4-5,7-8H2,1H3,(H,19,21)/t12-,16-/m1/s1. The highest BCUT2D eigenvalue weighted by Gasteiger charge is 2.53. The van der Waals surface area contributed by atoms with Crippen LogP contribution in [0.25, 0.3) is 0 Å². The fourth-order valence-electron chi connectivity index (χ4n) is 3.01. The number of ether oxygens (including phenoxy) is 1. The summed E-state index contributed by atoms with van der Waals surface area (Å²) in [7, 11) is 0. The van der Waals surface area contributed by atoms with Crippen molar-refractivity contribution in [2.24, 2.45) is 0 Å². The molecular weight excluding hydrogens is 371 g/mol. The van der Waals surface area contributed by atoms with Crippen LogP contribution in [0.4, 0.5) is 10.1 Å². The van der Waals surface area contributed by atoms with Crippen molar-refractivity contribution in [3.63, 3.8) is 0 Å². The number of amides is 2. The van der Waals surface area contributed by atoms with Gasteiger partial charge >= 0.3 is 5.97 Å². The quantitative estimate of drug-likeness (QED) is 0.804. The number of nitrogens with zero attached hydrogens (tertiary/aromatic N) is 1. The summed E-state index contributed by atoms with van der Waals surface area (Å²) < 4.78 is 18.7. The molecule has 134 valence electrons. The van der Waals surface area contributed by atoms with Gasteiger partial charge in [0.1, 0.15) is 11.9 Å². The van der Waals surface area contributed by atoms with E-state index in [0.717, 1.165) is 6.07 Å². The molecule has 2 saturated heterocycles. The summed E-state index contributed by atoms with van der Waals surface area (Å²) >= 11 is 7.18. The molecule has 1 aromatic rings. The molecular formula is C16H16ClFN2O4S. The third-order valence-electron chi connectivity index (χ3n) is 4.27. The second-order valence-corrected chi connectivity index (χ2v) is 7.98. The molecule has 0 saturated carbocycles. The second kappa shape index (κ2) is 6.84. The van der Waals surface area contributed by atoms with Gasteiger partial charge < -0.3 is 15.0 Å². The molecule has 9 heteroatoms. The zero-order chi connectivity index (χ0) is 18.2. The van der Waals surface area contributed by atoms with E-state index < -0.39 is 30.3 Å². The Morgan fingerprint density at radius 2 is 2.28 bits per heavy atom. The molecule has 2 fully saturated rings. The van der Waals surface area contributed by atoms with Crippen LogP contribution in [0.1, 0.15) is 19.8 Å². The minimum Gasteiger partial charge on any atom is -0.454 e. The van der Waals surface area contributed by atoms with Gasteiger partial charge in [0.15, 0.2) is 6.61 Å². The summed E-state index contributed by atoms with van der Waals surface area (Å²) in [4.78, 5) is 37.3. The van der Waals surface area contributed by atoms with Crippen LogP contribution in [0.3, 0.4) is 0 Å². The highest BCUT2D eigenvalue weighted by molar-refractivity contribution is 8.01. The third-order valence-corrected chi connectivity index (χ3v) is 6.01. The molecule has 6 nitrogen and oxygen atoms in total. The number of hydrogen-bond acceptors (Lipinski definition) is 5. The van der Waals surface area contributed by atoms with E-state index in [1.54, 1.807) is 4.90 Å². The van der Waals surface area contributed by atoms with Gasteiger partial charge in [-0.25, -0.2) is 9.18 Å². The average molecular weight is 387 g/mol. The fraction of sp³-hybridized carbons (Fsp3) is 0.438. The van der Waals surface area contributed by atoms with Gasteiger partial charge in [-0.1, -0.05) is 11.6 Å². The maximum absolute atomic E-state index is 13.6. The lowest BCUT2D eigenvalue weighted by atomic mass is 10.2. The van der Waals surface area contributed by atoms with Crippen LogP contribution in [-0.2, 0) is 19.1 Å². The van der Waals surface area contributed by atoms with Crippen LogP contribution in [0, 0.1) is 5.82 Å². The number of hydrogen-bond donors (Lipinski definition) is 1. The van der Waals surface area contributed by atoms with E-state index in [-0.39, 0.29) is 21.5 Å². The molecule has 0 unspecified atom stereocenters. The Kier molecular flexibility index (Phi) is 4.92. The van der Waals surface area contributed by atoms with E-state index in [4.69, 9.17) is 16.3 Å². The van der Waals surface area contributed by atoms with Crippen LogP contribution in [0.15, 0.2) is 18.2 Å². The number of carbonyl (C=O) groups excluding carboxylic acids is 3. The molecule has 0 spiro atoms. The molecule has 0 bridgehead atoms. The average Bonchev–Trinajstić information content (AvgIpc) is 3.04. The summed E-state index contributed by atoms with van der Waals surface area (Å²) in [5.41, 5.74) is -0.0517. The second-order valence-electron chi connectivity index (χ2n) is 6.05. The number of rotatable bonds is 4. The topological polar surface area (TPSA) is 75.7 Å². The van der Waals surface area contributed by atoms with Crippen molar-refractivity contribution in [3.05, 3.63) is 29.0 Å². The van der Waals surface area contributed by atoms with E-state index in [1.165, 1.54) is 23.9 Å². The number of esters is 1. The van der Waals surface area contributed by atoms with E-state index >= 15 is 0 Å². The fourth-order valence-corrected chi connectivity index (χ4v) is 4.58. The van der Waals surface area contributed by atoms with Crippen LogP contribution < -0.4 is 5.32 Å². The predicted octanol–water partition coefficient (Wildman–Crippen LogP) is 2.41. The van der Waals surface area contributed by atoms with Gasteiger partial charge in [-0.15, -0.1) is 11.8 Å². The van der Waals surface area contributed by atoms with Gasteiger partial charge in [0, 0.05) is 17.2 Å². The molecule has 0 aliphatic carbocycles. The van der Waals surface area contributed by atoms with Crippen molar-refractivity contribution in [1.82, 2.24) is 4.90 Å². The van der Waals surface area contributed by atoms with E-state index in [9.17, 15) is 18.8 Å². The molecule has 2 atom stereocenters. The predicted molar refractivity (Wildman–Crippen MR) is 91.7 cm³/mol. The van der Waals surface area contributed by atoms with Gasteiger partial charge in [0.25, 0.3) is 5.91 Å². The summed E-state index contributed by atoms with van der Waals surface area (Å²) in [6, 6.07) is 3.13. The number of nitrogens with one attached hydrogen (secondary N) is 1. The number of halogens is 2. The van der Waals surface area contributed by atoms with Gasteiger partial charge in [-0.3, -0.25) is 9.59 Å². The summed E-state index contributed by atoms with van der Waals surface area (Å²) in [5, 5.41) is 2.52. The first kappa shape index (κ1) is 18.0. The third kappa shape index (κ3) is 3.59. The molecule has 25 heavy (non-hydrogen) atoms. The summed E-state index contributed by atoms with van der Waals surface area (Å²) in [5.74, 6) is -1.62. The zero-order valence-electron chi connectivity index (χ0n) is 13.4. The summed E-state index contributed by atoms with van der Waals surface area (Å²) in [6.45, 7) is 1.37. The molecule has 1 N–H and O–H groups in total. The molecule has 1 aromatic carbocycles. The highest BCUT2D eigenvalue weighted by Crippen LogP contribution is 2.47. The smallest absolute Gasteiger partial charge is 0.330 e. The van der Waals surface area contributed by atoms with Gasteiger partial charge in [-0.2, -0.15) is 0 Å². The SMILES string of the molecule is C[C@@]12CCC(=O)N1[C@@H](C(=O)OCC(=O)Nc1ccc(Cl)cc1F)CS2. The lowest BCUT2D eigenvalue weighted by molar-refractivity contribution is -0.155. The van der Waals surface area contributed by atoms with Crippen LogP contribution in [-0.4, -0.2) is 46.0 Å². The first-order chi connectivity index (χ1) is 11.8. The largest absolute Gasteiger partial charge is 0.454 e. The Hall–Kier alpha value is -1.80. The molecule has 2 amide bonds. The van der Waals surface area contributed by atoms with Crippen LogP contribution >= 0.6 is 23.4 Å². The Labute approximate surface area is 153 Å². The number of benzene rings is 1. The Balaban J connectivity index is 1.55. The first-order valence-corrected chi connectivity index (χ1v) is 9.04. The first-order valence-electron chi connectivity index (χ1n) is 7.68. The lowest BCUT2D eigenvalue weighted by Crippen LogP contribution is -2.47. The molecule has 2 aliphatic rings. The zero-order valence-corrected chi connectivity index (χ0v) is 15.0. The minimum atomic E-state index is -0.690. The van der Waals surface area contributed by atoms with Crippen molar-refractivity contribution >= 4 is 46.8 Å². The van der Waals surface area contributed by atoms with Crippen molar-refractivity contribution < 1.29 is 23.5 Å². The maximum Gasteiger partial charge on any atom is 0.330 e. The molecule has 3 rings (SSSR count). The van der Waals surface area contributed by atoms with Gasteiger partial charge in [0.2, 0.25) is 5.91 Å². The molecule has 0 aromatic heterocycles. The minimum absolute atomic E-state index is 0.0517. The lowest BCUT2D eigenvalue weighted by Gasteiger charge is -2.29. The number of fused-ring (bicyclic) bond motifs is 1. The Morgan fingerprint density at radius 1 is 1.52 bits per heavy atom. The maximum atomic E-state index is 13.6. The van der Waals surface area contributed by atoms with Crippen molar-refractivity contribution in [3.8, 4) is 0 Å². The van der Waals surface area contributed by atoms with Crippen LogP contribution in [0.2, 0.25) is 5.02 Å². The Bertz CT molecular complexity index is 747. The van der Waals surface area contributed by atoms with Gasteiger partial charge in [-0.05, 0) is 31.5 Å². The van der Waals surface area contributed by atoms with Crippen molar-refractivity contribution in [2.45, 2.75) is 30.7 Å². The number of thioether (sulfide) groups is 1. The van der Waals surface area contributed by atoms with Crippen molar-refractivity contribution in [1.29, 1.82) is 0 Å². The van der Waals surface area contributed by atoms with E-state index in [2.05, 4.69) is 5.32 Å². The normalized spacial score (nSPS) is 25.0. The highest BCUT2D eigenvalue weighted by atomic mass is 35.5.